The number of rotatable bonds is 5. The second-order valence-corrected chi connectivity index (χ2v) is 6.91. The van der Waals surface area contributed by atoms with Gasteiger partial charge >= 0.3 is 6.18 Å². The van der Waals surface area contributed by atoms with Crippen molar-refractivity contribution in [1.82, 2.24) is 9.71 Å². The molecule has 0 spiro atoms. The summed E-state index contributed by atoms with van der Waals surface area (Å²) in [4.78, 5) is 4.72. The van der Waals surface area contributed by atoms with Crippen LogP contribution in [0.1, 0.15) is 29.3 Å². The van der Waals surface area contributed by atoms with Crippen LogP contribution >= 0.6 is 11.9 Å². The van der Waals surface area contributed by atoms with Gasteiger partial charge in [0.1, 0.15) is 18.4 Å². The molecular weight excluding hydrogens is 378 g/mol. The van der Waals surface area contributed by atoms with E-state index in [-0.39, 0.29) is 0 Å². The lowest BCUT2D eigenvalue weighted by atomic mass is 9.94. The highest BCUT2D eigenvalue weighted by Crippen LogP contribution is 2.29. The van der Waals surface area contributed by atoms with Gasteiger partial charge in [-0.05, 0) is 73.2 Å². The Kier molecular flexibility index (Phi) is 6.63. The number of hydrogen-bond acceptors (Lipinski definition) is 4. The van der Waals surface area contributed by atoms with Crippen LogP contribution in [0, 0.1) is 31.0 Å². The summed E-state index contributed by atoms with van der Waals surface area (Å²) in [7, 11) is 0. The Morgan fingerprint density at radius 1 is 1.22 bits per heavy atom. The molecule has 0 fully saturated rings. The van der Waals surface area contributed by atoms with Crippen LogP contribution < -0.4 is 4.72 Å². The van der Waals surface area contributed by atoms with E-state index in [2.05, 4.69) is 15.8 Å². The van der Waals surface area contributed by atoms with E-state index in [1.807, 2.05) is 0 Å². The SMILES string of the molecule is C/C(=C(/C#N)c1cc(F)c(C)cc1C)c1ccc(SNCC(F)(F)F)cn1. The molecule has 0 unspecified atom stereocenters. The van der Waals surface area contributed by atoms with E-state index in [0.717, 1.165) is 17.5 Å². The molecule has 0 aliphatic rings. The summed E-state index contributed by atoms with van der Waals surface area (Å²) in [6.07, 6.45) is -2.87. The summed E-state index contributed by atoms with van der Waals surface area (Å²) in [6.45, 7) is 4.04. The van der Waals surface area contributed by atoms with E-state index in [0.29, 0.717) is 32.9 Å². The fraction of sp³-hybridized carbons (Fsp3) is 0.263. The lowest BCUT2D eigenvalue weighted by Gasteiger charge is -2.11. The summed E-state index contributed by atoms with van der Waals surface area (Å²) >= 11 is 0.821. The third kappa shape index (κ3) is 5.55. The minimum atomic E-state index is -4.29. The molecule has 1 aromatic heterocycles. The third-order valence-corrected chi connectivity index (χ3v) is 4.61. The van der Waals surface area contributed by atoms with Gasteiger partial charge in [0.2, 0.25) is 0 Å². The number of nitrogens with one attached hydrogen (secondary N) is 1. The molecule has 0 aliphatic carbocycles. The molecule has 3 nitrogen and oxygen atoms in total. The van der Waals surface area contributed by atoms with Crippen LogP contribution in [-0.2, 0) is 0 Å². The fourth-order valence-electron chi connectivity index (χ4n) is 2.43. The van der Waals surface area contributed by atoms with Crippen molar-refractivity contribution in [3.63, 3.8) is 0 Å². The molecule has 2 aromatic rings. The number of alkyl halides is 3. The molecule has 0 bridgehead atoms. The third-order valence-electron chi connectivity index (χ3n) is 3.84. The van der Waals surface area contributed by atoms with Gasteiger partial charge in [0.15, 0.2) is 0 Å². The molecule has 0 radical (unpaired) electrons. The Balaban J connectivity index is 2.28. The average Bonchev–Trinajstić information content (AvgIpc) is 2.59. The number of benzene rings is 1. The van der Waals surface area contributed by atoms with Crippen molar-refractivity contribution in [2.45, 2.75) is 31.8 Å². The van der Waals surface area contributed by atoms with Gasteiger partial charge in [0, 0.05) is 11.1 Å². The average molecular weight is 395 g/mol. The number of allylic oxidation sites excluding steroid dienone is 2. The number of aromatic nitrogens is 1. The van der Waals surface area contributed by atoms with Gasteiger partial charge in [0.05, 0.1) is 11.3 Å². The molecule has 27 heavy (non-hydrogen) atoms. The van der Waals surface area contributed by atoms with E-state index >= 15 is 0 Å². The molecule has 0 amide bonds. The zero-order chi connectivity index (χ0) is 20.2. The Bertz CT molecular complexity index is 897. The summed E-state index contributed by atoms with van der Waals surface area (Å²) in [5, 5.41) is 9.56. The first-order valence-electron chi connectivity index (χ1n) is 7.93. The Morgan fingerprint density at radius 3 is 2.48 bits per heavy atom. The van der Waals surface area contributed by atoms with Gasteiger partial charge in [-0.15, -0.1) is 0 Å². The maximum atomic E-state index is 13.9. The summed E-state index contributed by atoms with van der Waals surface area (Å²) in [5.41, 5.74) is 3.11. The van der Waals surface area contributed by atoms with Crippen LogP contribution in [0.3, 0.4) is 0 Å². The van der Waals surface area contributed by atoms with Crippen molar-refractivity contribution in [3.05, 3.63) is 58.7 Å². The smallest absolute Gasteiger partial charge is 0.255 e. The summed E-state index contributed by atoms with van der Waals surface area (Å²) in [6, 6.07) is 8.33. The van der Waals surface area contributed by atoms with Crippen molar-refractivity contribution in [1.29, 1.82) is 5.26 Å². The zero-order valence-corrected chi connectivity index (χ0v) is 15.7. The van der Waals surface area contributed by atoms with Crippen molar-refractivity contribution in [2.24, 2.45) is 0 Å². The van der Waals surface area contributed by atoms with Gasteiger partial charge < -0.3 is 0 Å². The van der Waals surface area contributed by atoms with Gasteiger partial charge in [-0.3, -0.25) is 9.71 Å². The quantitative estimate of drug-likeness (QED) is 0.415. The molecule has 0 aliphatic heterocycles. The fourth-order valence-corrected chi connectivity index (χ4v) is 3.08. The van der Waals surface area contributed by atoms with E-state index in [9.17, 15) is 22.8 Å². The minimum absolute atomic E-state index is 0.300. The molecule has 0 atom stereocenters. The van der Waals surface area contributed by atoms with E-state index in [1.54, 1.807) is 39.0 Å². The van der Waals surface area contributed by atoms with Crippen LogP contribution in [0.5, 0.6) is 0 Å². The van der Waals surface area contributed by atoms with Crippen LogP contribution in [0.25, 0.3) is 11.1 Å². The number of hydrogen-bond donors (Lipinski definition) is 1. The largest absolute Gasteiger partial charge is 0.402 e. The maximum absolute atomic E-state index is 13.9. The number of nitriles is 1. The van der Waals surface area contributed by atoms with E-state index in [4.69, 9.17) is 0 Å². The number of aryl methyl sites for hydroxylation is 2. The molecule has 0 saturated carbocycles. The van der Waals surface area contributed by atoms with Gasteiger partial charge in [-0.25, -0.2) is 4.39 Å². The molecule has 1 aromatic carbocycles. The maximum Gasteiger partial charge on any atom is 0.402 e. The lowest BCUT2D eigenvalue weighted by molar-refractivity contribution is -0.120. The second kappa shape index (κ2) is 8.55. The first-order valence-corrected chi connectivity index (χ1v) is 8.75. The monoisotopic (exact) mass is 395 g/mol. The number of pyridine rings is 1. The van der Waals surface area contributed by atoms with Crippen molar-refractivity contribution >= 4 is 23.1 Å². The van der Waals surface area contributed by atoms with E-state index in [1.165, 1.54) is 12.3 Å². The van der Waals surface area contributed by atoms with Crippen LogP contribution in [0.15, 0.2) is 35.4 Å². The Labute approximate surface area is 159 Å². The predicted molar refractivity (Wildman–Crippen MR) is 98.1 cm³/mol. The second-order valence-electron chi connectivity index (χ2n) is 5.95. The first kappa shape index (κ1) is 20.9. The highest BCUT2D eigenvalue weighted by molar-refractivity contribution is 7.97. The predicted octanol–water partition coefficient (Wildman–Crippen LogP) is 5.45. The minimum Gasteiger partial charge on any atom is -0.255 e. The normalized spacial score (nSPS) is 12.5. The molecular formula is C19H17F4N3S. The molecule has 1 heterocycles. The van der Waals surface area contributed by atoms with Crippen LogP contribution in [0.4, 0.5) is 17.6 Å². The van der Waals surface area contributed by atoms with Gasteiger partial charge in [-0.2, -0.15) is 18.4 Å². The van der Waals surface area contributed by atoms with Crippen molar-refractivity contribution in [2.75, 3.05) is 6.54 Å². The molecule has 0 saturated heterocycles. The first-order chi connectivity index (χ1) is 12.6. The van der Waals surface area contributed by atoms with Gasteiger partial charge in [0.25, 0.3) is 0 Å². The Hall–Kier alpha value is -2.37. The topological polar surface area (TPSA) is 48.7 Å². The standard InChI is InChI=1S/C19H17F4N3S/c1-11-6-12(2)17(20)7-15(11)16(8-24)13(3)18-5-4-14(9-25-18)27-26-10-19(21,22)23/h4-7,9,26H,10H2,1-3H3/b16-13+. The number of nitrogens with zero attached hydrogens (tertiary/aromatic N) is 2. The lowest BCUT2D eigenvalue weighted by Crippen LogP contribution is -2.23. The molecule has 142 valence electrons. The van der Waals surface area contributed by atoms with Crippen molar-refractivity contribution in [3.8, 4) is 6.07 Å². The Morgan fingerprint density at radius 2 is 1.93 bits per heavy atom. The zero-order valence-electron chi connectivity index (χ0n) is 14.9. The molecule has 8 heteroatoms. The number of halogens is 4. The highest BCUT2D eigenvalue weighted by atomic mass is 32.2. The molecule has 1 N–H and O–H groups in total. The summed E-state index contributed by atoms with van der Waals surface area (Å²) in [5.74, 6) is -0.397. The molecule has 2 rings (SSSR count). The summed E-state index contributed by atoms with van der Waals surface area (Å²) < 4.78 is 52.6. The van der Waals surface area contributed by atoms with Crippen molar-refractivity contribution < 1.29 is 17.6 Å². The van der Waals surface area contributed by atoms with Gasteiger partial charge in [-0.1, -0.05) is 6.07 Å². The van der Waals surface area contributed by atoms with E-state index < -0.39 is 18.5 Å². The van der Waals surface area contributed by atoms with Crippen LogP contribution in [0.2, 0.25) is 0 Å². The van der Waals surface area contributed by atoms with Crippen LogP contribution in [-0.4, -0.2) is 17.7 Å². The highest BCUT2D eigenvalue weighted by Gasteiger charge is 2.26.